The molecule has 3 heterocycles. The maximum absolute atomic E-state index is 15.6. The zero-order chi connectivity index (χ0) is 32.9. The number of carbonyl (C=O) groups is 1. The molecule has 1 atom stereocenters. The second kappa shape index (κ2) is 15.0. The predicted octanol–water partition coefficient (Wildman–Crippen LogP) is 7.06. The molecule has 2 fully saturated rings. The molecule has 8 nitrogen and oxygen atoms in total. The number of methoxy groups -OCH3 is 2. The lowest BCUT2D eigenvalue weighted by atomic mass is 10.00. The first-order valence-electron chi connectivity index (χ1n) is 15.7. The number of pyridine rings is 1. The highest BCUT2D eigenvalue weighted by Crippen LogP contribution is 2.42. The van der Waals surface area contributed by atoms with Crippen molar-refractivity contribution in [2.24, 2.45) is 5.92 Å². The van der Waals surface area contributed by atoms with Crippen molar-refractivity contribution in [2.45, 2.75) is 32.0 Å². The molecule has 4 aromatic rings. The number of nitrogens with one attached hydrogen (secondary N) is 3. The molecule has 11 heteroatoms. The normalized spacial score (nSPS) is 16.6. The van der Waals surface area contributed by atoms with E-state index in [1.807, 2.05) is 54.6 Å². The fourth-order valence-electron chi connectivity index (χ4n) is 6.27. The van der Waals surface area contributed by atoms with Crippen molar-refractivity contribution in [3.8, 4) is 28.1 Å². The average Bonchev–Trinajstić information content (AvgIpc) is 3.47. The Kier molecular flexibility index (Phi) is 10.6. The van der Waals surface area contributed by atoms with Gasteiger partial charge >= 0.3 is 0 Å². The maximum Gasteiger partial charge on any atom is 0.220 e. The number of halogens is 3. The van der Waals surface area contributed by atoms with Crippen molar-refractivity contribution in [3.05, 3.63) is 93.8 Å². The molecule has 2 saturated heterocycles. The molecule has 1 amide bonds. The first-order chi connectivity index (χ1) is 22.8. The molecule has 0 aliphatic carbocycles. The Balaban J connectivity index is 1.19. The molecule has 246 valence electrons. The molecule has 2 aliphatic rings. The van der Waals surface area contributed by atoms with Crippen molar-refractivity contribution < 1.29 is 18.7 Å². The minimum absolute atomic E-state index is 0.100. The fraction of sp³-hybridized carbons (Fsp3) is 0.333. The maximum atomic E-state index is 15.6. The van der Waals surface area contributed by atoms with Crippen molar-refractivity contribution in [1.82, 2.24) is 20.5 Å². The molecule has 6 rings (SSSR count). The molecule has 0 saturated carbocycles. The third-order valence-electron chi connectivity index (χ3n) is 8.71. The highest BCUT2D eigenvalue weighted by Gasteiger charge is 2.27. The number of hydrogen-bond donors (Lipinski definition) is 3. The minimum Gasteiger partial charge on any atom is -0.496 e. The van der Waals surface area contributed by atoms with E-state index < -0.39 is 0 Å². The number of likely N-dealkylation sites (tertiary alicyclic amines) is 1. The van der Waals surface area contributed by atoms with E-state index in [0.29, 0.717) is 81.5 Å². The smallest absolute Gasteiger partial charge is 0.220 e. The molecule has 0 spiro atoms. The quantitative estimate of drug-likeness (QED) is 0.140. The predicted molar refractivity (Wildman–Crippen MR) is 185 cm³/mol. The summed E-state index contributed by atoms with van der Waals surface area (Å²) in [5, 5.41) is 10.4. The van der Waals surface area contributed by atoms with Crippen molar-refractivity contribution in [1.29, 1.82) is 0 Å². The van der Waals surface area contributed by atoms with Gasteiger partial charge in [0.1, 0.15) is 5.75 Å². The van der Waals surface area contributed by atoms with Crippen LogP contribution in [0.3, 0.4) is 0 Å². The summed E-state index contributed by atoms with van der Waals surface area (Å²) in [4.78, 5) is 18.3. The SMILES string of the molecule is COCC1CN(Cc2cccc(Nc3cccc(-c4ccnc(-c5ccc(CNC[C@H]6CCC(=O)N6)c(OC)c5)c4Cl)c3Cl)c2F)C1. The lowest BCUT2D eigenvalue weighted by molar-refractivity contribution is -0.119. The Labute approximate surface area is 284 Å². The summed E-state index contributed by atoms with van der Waals surface area (Å²) in [7, 11) is 3.34. The van der Waals surface area contributed by atoms with Gasteiger partial charge in [0.15, 0.2) is 5.82 Å². The zero-order valence-electron chi connectivity index (χ0n) is 26.4. The van der Waals surface area contributed by atoms with Gasteiger partial charge in [-0.3, -0.25) is 14.7 Å². The molecule has 3 aromatic carbocycles. The van der Waals surface area contributed by atoms with E-state index in [4.69, 9.17) is 32.7 Å². The van der Waals surface area contributed by atoms with Crippen LogP contribution in [0.4, 0.5) is 15.8 Å². The number of benzene rings is 3. The Morgan fingerprint density at radius 3 is 2.55 bits per heavy atom. The minimum atomic E-state index is -0.300. The molecule has 2 aliphatic heterocycles. The van der Waals surface area contributed by atoms with Gasteiger partial charge in [0, 0.05) is 92.2 Å². The molecule has 0 unspecified atom stereocenters. The summed E-state index contributed by atoms with van der Waals surface area (Å²) in [5.41, 5.74) is 5.29. The van der Waals surface area contributed by atoms with Gasteiger partial charge in [0.2, 0.25) is 5.91 Å². The number of nitrogens with zero attached hydrogens (tertiary/aromatic N) is 2. The summed E-state index contributed by atoms with van der Waals surface area (Å²) >= 11 is 14.0. The van der Waals surface area contributed by atoms with Gasteiger partial charge in [-0.05, 0) is 30.7 Å². The topological polar surface area (TPSA) is 87.8 Å². The monoisotopic (exact) mass is 677 g/mol. The number of aromatic nitrogens is 1. The van der Waals surface area contributed by atoms with Gasteiger partial charge in [0.25, 0.3) is 0 Å². The molecule has 0 radical (unpaired) electrons. The largest absolute Gasteiger partial charge is 0.496 e. The summed E-state index contributed by atoms with van der Waals surface area (Å²) in [5.74, 6) is 0.995. The van der Waals surface area contributed by atoms with E-state index in [1.54, 1.807) is 26.5 Å². The molecule has 3 N–H and O–H groups in total. The van der Waals surface area contributed by atoms with Crippen LogP contribution >= 0.6 is 23.2 Å². The Morgan fingerprint density at radius 2 is 1.79 bits per heavy atom. The molecular formula is C36H38Cl2FN5O3. The van der Waals surface area contributed by atoms with Crippen LogP contribution in [0, 0.1) is 11.7 Å². The molecule has 1 aromatic heterocycles. The number of ether oxygens (including phenoxy) is 2. The van der Waals surface area contributed by atoms with Crippen LogP contribution in [0.25, 0.3) is 22.4 Å². The van der Waals surface area contributed by atoms with Crippen LogP contribution in [0.1, 0.15) is 24.0 Å². The van der Waals surface area contributed by atoms with E-state index in [0.717, 1.165) is 37.2 Å². The summed E-state index contributed by atoms with van der Waals surface area (Å²) in [6, 6.07) is 18.8. The van der Waals surface area contributed by atoms with Crippen molar-refractivity contribution in [3.63, 3.8) is 0 Å². The average molecular weight is 679 g/mol. The van der Waals surface area contributed by atoms with Gasteiger partial charge in [-0.25, -0.2) is 4.39 Å². The van der Waals surface area contributed by atoms with Crippen molar-refractivity contribution in [2.75, 3.05) is 45.8 Å². The van der Waals surface area contributed by atoms with E-state index >= 15 is 4.39 Å². The molecule has 0 bridgehead atoms. The van der Waals surface area contributed by atoms with Crippen LogP contribution in [0.2, 0.25) is 10.0 Å². The van der Waals surface area contributed by atoms with Crippen LogP contribution in [0.5, 0.6) is 5.75 Å². The van der Waals surface area contributed by atoms with E-state index in [2.05, 4.69) is 25.8 Å². The first-order valence-corrected chi connectivity index (χ1v) is 16.5. The molecular weight excluding hydrogens is 640 g/mol. The summed E-state index contributed by atoms with van der Waals surface area (Å²) in [6.07, 6.45) is 3.11. The van der Waals surface area contributed by atoms with Crippen molar-refractivity contribution >= 4 is 40.5 Å². The van der Waals surface area contributed by atoms with Gasteiger partial charge in [0.05, 0.1) is 40.8 Å². The lowest BCUT2D eigenvalue weighted by Crippen LogP contribution is -2.47. The van der Waals surface area contributed by atoms with E-state index in [1.165, 1.54) is 0 Å². The Morgan fingerprint density at radius 1 is 1.00 bits per heavy atom. The summed E-state index contributed by atoms with van der Waals surface area (Å²) < 4.78 is 26.6. The van der Waals surface area contributed by atoms with Crippen LogP contribution in [-0.4, -0.2) is 62.3 Å². The highest BCUT2D eigenvalue weighted by atomic mass is 35.5. The van der Waals surface area contributed by atoms with Crippen LogP contribution < -0.4 is 20.7 Å². The second-order valence-electron chi connectivity index (χ2n) is 12.1. The van der Waals surface area contributed by atoms with E-state index in [9.17, 15) is 4.79 Å². The molecule has 47 heavy (non-hydrogen) atoms. The zero-order valence-corrected chi connectivity index (χ0v) is 27.9. The Hall–Kier alpha value is -3.73. The second-order valence-corrected chi connectivity index (χ2v) is 12.8. The number of rotatable bonds is 13. The van der Waals surface area contributed by atoms with Crippen LogP contribution in [-0.2, 0) is 22.6 Å². The van der Waals surface area contributed by atoms with Gasteiger partial charge < -0.3 is 25.4 Å². The number of hydrogen-bond acceptors (Lipinski definition) is 7. The summed E-state index contributed by atoms with van der Waals surface area (Å²) in [6.45, 7) is 4.32. The standard InChI is InChI=1S/C36H38Cl2FN5O3/c1-46-21-22-18-44(19-22)20-25-5-3-8-30(35(25)39)43-29-7-4-6-27(33(29)37)28-13-14-41-36(34(28)38)23-9-10-24(31(15-23)47-2)16-40-17-26-11-12-32(45)42-26/h3-10,13-15,22,26,40,43H,11-12,16-21H2,1-2H3,(H,42,45)/t26-/m1/s1. The number of amides is 1. The van der Waals surface area contributed by atoms with Gasteiger partial charge in [-0.15, -0.1) is 0 Å². The van der Waals surface area contributed by atoms with Gasteiger partial charge in [-0.2, -0.15) is 0 Å². The number of anilines is 2. The third kappa shape index (κ3) is 7.55. The fourth-order valence-corrected chi connectivity index (χ4v) is 6.87. The number of carbonyl (C=O) groups excluding carboxylic acids is 1. The van der Waals surface area contributed by atoms with E-state index in [-0.39, 0.29) is 17.8 Å². The van der Waals surface area contributed by atoms with Gasteiger partial charge in [-0.1, -0.05) is 59.6 Å². The first kappa shape index (κ1) is 33.2. The van der Waals surface area contributed by atoms with Crippen LogP contribution in [0.15, 0.2) is 66.9 Å². The highest BCUT2D eigenvalue weighted by molar-refractivity contribution is 6.39. The lowest BCUT2D eigenvalue weighted by Gasteiger charge is -2.39. The third-order valence-corrected chi connectivity index (χ3v) is 9.50. The Bertz CT molecular complexity index is 1750.